The highest BCUT2D eigenvalue weighted by Crippen LogP contribution is 2.35. The van der Waals surface area contributed by atoms with Crippen LogP contribution >= 0.6 is 0 Å². The molecule has 5 nitrogen and oxygen atoms in total. The number of nitrogen functional groups attached to an aromatic ring is 1. The Kier molecular flexibility index (Phi) is 3.22. The molecule has 1 aromatic carbocycles. The van der Waals surface area contributed by atoms with Crippen molar-refractivity contribution in [2.24, 2.45) is 5.92 Å². The van der Waals surface area contributed by atoms with Crippen LogP contribution in [0.25, 0.3) is 0 Å². The van der Waals surface area contributed by atoms with Gasteiger partial charge in [0, 0.05) is 18.7 Å². The molecule has 1 heterocycles. The van der Waals surface area contributed by atoms with Crippen molar-refractivity contribution in [1.29, 1.82) is 0 Å². The fourth-order valence-electron chi connectivity index (χ4n) is 2.69. The molecule has 5 heteroatoms. The lowest BCUT2D eigenvalue weighted by molar-refractivity contribution is -0.141. The molecule has 0 spiro atoms. The fraction of sp³-hybridized carbons (Fsp3) is 0.429. The second kappa shape index (κ2) is 4.57. The molecule has 0 bridgehead atoms. The van der Waals surface area contributed by atoms with Gasteiger partial charge in [0.2, 0.25) is 5.91 Å². The summed E-state index contributed by atoms with van der Waals surface area (Å²) < 4.78 is 0. The second-order valence-corrected chi connectivity index (χ2v) is 5.14. The molecule has 0 saturated carbocycles. The molecule has 0 aliphatic carbocycles. The maximum absolute atomic E-state index is 12.0. The largest absolute Gasteiger partial charge is 0.481 e. The van der Waals surface area contributed by atoms with Gasteiger partial charge in [-0.15, -0.1) is 0 Å². The van der Waals surface area contributed by atoms with E-state index in [1.807, 2.05) is 26.8 Å². The minimum absolute atomic E-state index is 0.0575. The molecule has 1 fully saturated rings. The number of rotatable bonds is 2. The molecular formula is C14H18N2O3. The monoisotopic (exact) mass is 262 g/mol. The van der Waals surface area contributed by atoms with Gasteiger partial charge in [-0.3, -0.25) is 9.59 Å². The van der Waals surface area contributed by atoms with Crippen LogP contribution in [-0.2, 0) is 9.59 Å². The zero-order chi connectivity index (χ0) is 14.3. The van der Waals surface area contributed by atoms with E-state index in [9.17, 15) is 9.59 Å². The van der Waals surface area contributed by atoms with Gasteiger partial charge in [-0.2, -0.15) is 0 Å². The summed E-state index contributed by atoms with van der Waals surface area (Å²) >= 11 is 0. The number of hydrogen-bond acceptors (Lipinski definition) is 3. The summed E-state index contributed by atoms with van der Waals surface area (Å²) in [6, 6.07) is 1.93. The summed E-state index contributed by atoms with van der Waals surface area (Å²) in [5, 5.41) is 9.03. The van der Waals surface area contributed by atoms with Crippen LogP contribution in [0.15, 0.2) is 6.07 Å². The Morgan fingerprint density at radius 2 is 2.00 bits per heavy atom. The minimum atomic E-state index is -0.925. The van der Waals surface area contributed by atoms with Gasteiger partial charge in [0.1, 0.15) is 0 Å². The Morgan fingerprint density at radius 3 is 2.53 bits per heavy atom. The number of nitrogens with two attached hydrogens (primary N) is 1. The Morgan fingerprint density at radius 1 is 1.37 bits per heavy atom. The smallest absolute Gasteiger partial charge is 0.308 e. The molecule has 0 aromatic heterocycles. The molecule has 1 aromatic rings. The topological polar surface area (TPSA) is 83.6 Å². The number of carboxylic acids is 1. The van der Waals surface area contributed by atoms with Crippen molar-refractivity contribution in [2.45, 2.75) is 27.2 Å². The molecule has 2 rings (SSSR count). The SMILES string of the molecule is Cc1cc(C)c(N2CC(C(=O)O)CC2=O)c(C)c1N. The minimum Gasteiger partial charge on any atom is -0.481 e. The van der Waals surface area contributed by atoms with E-state index in [0.717, 1.165) is 22.4 Å². The third-order valence-corrected chi connectivity index (χ3v) is 3.73. The van der Waals surface area contributed by atoms with Gasteiger partial charge >= 0.3 is 5.97 Å². The van der Waals surface area contributed by atoms with Crippen molar-refractivity contribution in [3.63, 3.8) is 0 Å². The standard InChI is InChI=1S/C14H18N2O3/c1-7-4-8(2)13(9(3)12(7)15)16-6-10(14(18)19)5-11(16)17/h4,10H,5-6,15H2,1-3H3,(H,18,19). The summed E-state index contributed by atoms with van der Waals surface area (Å²) in [6.07, 6.45) is 0.0575. The summed E-state index contributed by atoms with van der Waals surface area (Å²) in [7, 11) is 0. The fourth-order valence-corrected chi connectivity index (χ4v) is 2.69. The van der Waals surface area contributed by atoms with Crippen LogP contribution in [0.5, 0.6) is 0 Å². The summed E-state index contributed by atoms with van der Waals surface area (Å²) in [5.41, 5.74) is 10.2. The van der Waals surface area contributed by atoms with Gasteiger partial charge in [0.05, 0.1) is 11.6 Å². The number of nitrogens with zero attached hydrogens (tertiary/aromatic N) is 1. The van der Waals surface area contributed by atoms with Gasteiger partial charge in [-0.05, 0) is 37.5 Å². The Labute approximate surface area is 112 Å². The lowest BCUT2D eigenvalue weighted by Crippen LogP contribution is -2.27. The Bertz CT molecular complexity index is 566. The van der Waals surface area contributed by atoms with E-state index in [1.54, 1.807) is 4.90 Å². The average molecular weight is 262 g/mol. The maximum Gasteiger partial charge on any atom is 0.308 e. The molecule has 3 N–H and O–H groups in total. The van der Waals surface area contributed by atoms with Gasteiger partial charge in [-0.25, -0.2) is 0 Å². The molecule has 1 aliphatic heterocycles. The average Bonchev–Trinajstić information content (AvgIpc) is 2.69. The van der Waals surface area contributed by atoms with Crippen molar-refractivity contribution < 1.29 is 14.7 Å². The molecule has 102 valence electrons. The molecule has 1 atom stereocenters. The number of aliphatic carboxylic acids is 1. The molecule has 1 amide bonds. The summed E-state index contributed by atoms with van der Waals surface area (Å²) in [6.45, 7) is 5.92. The van der Waals surface area contributed by atoms with Gasteiger partial charge in [-0.1, -0.05) is 6.07 Å². The van der Waals surface area contributed by atoms with Crippen molar-refractivity contribution in [3.8, 4) is 0 Å². The van der Waals surface area contributed by atoms with Crippen LogP contribution < -0.4 is 10.6 Å². The first-order chi connectivity index (χ1) is 8.82. The lowest BCUT2D eigenvalue weighted by Gasteiger charge is -2.23. The number of amides is 1. The van der Waals surface area contributed by atoms with E-state index in [0.29, 0.717) is 5.69 Å². The number of hydrogen-bond donors (Lipinski definition) is 2. The highest BCUT2D eigenvalue weighted by Gasteiger charge is 2.36. The number of aryl methyl sites for hydroxylation is 2. The Hall–Kier alpha value is -2.04. The molecular weight excluding hydrogens is 244 g/mol. The van der Waals surface area contributed by atoms with Crippen LogP contribution in [0.4, 0.5) is 11.4 Å². The van der Waals surface area contributed by atoms with Gasteiger partial charge in [0.25, 0.3) is 0 Å². The molecule has 1 aliphatic rings. The quantitative estimate of drug-likeness (QED) is 0.793. The first-order valence-corrected chi connectivity index (χ1v) is 6.22. The Balaban J connectivity index is 2.46. The predicted octanol–water partition coefficient (Wildman–Crippen LogP) is 1.63. The number of anilines is 2. The molecule has 0 radical (unpaired) electrons. The molecule has 1 saturated heterocycles. The third kappa shape index (κ3) is 2.16. The first-order valence-electron chi connectivity index (χ1n) is 6.22. The summed E-state index contributed by atoms with van der Waals surface area (Å²) in [5.74, 6) is -1.71. The first kappa shape index (κ1) is 13.4. The van der Waals surface area contributed by atoms with E-state index in [4.69, 9.17) is 10.8 Å². The van der Waals surface area contributed by atoms with Crippen LogP contribution in [0.3, 0.4) is 0 Å². The van der Waals surface area contributed by atoms with Crippen molar-refractivity contribution in [1.82, 2.24) is 0 Å². The zero-order valence-corrected chi connectivity index (χ0v) is 11.4. The van der Waals surface area contributed by atoms with Crippen molar-refractivity contribution >= 4 is 23.3 Å². The number of carbonyl (C=O) groups excluding carboxylic acids is 1. The predicted molar refractivity (Wildman–Crippen MR) is 73.2 cm³/mol. The van der Waals surface area contributed by atoms with E-state index in [2.05, 4.69) is 0 Å². The van der Waals surface area contributed by atoms with Gasteiger partial charge < -0.3 is 15.7 Å². The van der Waals surface area contributed by atoms with Crippen LogP contribution in [0.1, 0.15) is 23.1 Å². The highest BCUT2D eigenvalue weighted by molar-refractivity contribution is 6.01. The highest BCUT2D eigenvalue weighted by atomic mass is 16.4. The molecule has 19 heavy (non-hydrogen) atoms. The van der Waals surface area contributed by atoms with Gasteiger partial charge in [0.15, 0.2) is 0 Å². The number of benzene rings is 1. The van der Waals surface area contributed by atoms with E-state index < -0.39 is 11.9 Å². The lowest BCUT2D eigenvalue weighted by atomic mass is 10.0. The molecule has 1 unspecified atom stereocenters. The van der Waals surface area contributed by atoms with Crippen LogP contribution in [-0.4, -0.2) is 23.5 Å². The number of carboxylic acid groups (broad SMARTS) is 1. The van der Waals surface area contributed by atoms with Crippen LogP contribution in [0.2, 0.25) is 0 Å². The van der Waals surface area contributed by atoms with Crippen molar-refractivity contribution in [2.75, 3.05) is 17.2 Å². The third-order valence-electron chi connectivity index (χ3n) is 3.73. The number of carbonyl (C=O) groups is 2. The van der Waals surface area contributed by atoms with E-state index >= 15 is 0 Å². The maximum atomic E-state index is 12.0. The van der Waals surface area contributed by atoms with E-state index in [1.165, 1.54) is 0 Å². The normalized spacial score (nSPS) is 19.0. The summed E-state index contributed by atoms with van der Waals surface area (Å²) in [4.78, 5) is 24.6. The van der Waals surface area contributed by atoms with E-state index in [-0.39, 0.29) is 18.9 Å². The van der Waals surface area contributed by atoms with Crippen LogP contribution in [0, 0.1) is 26.7 Å². The van der Waals surface area contributed by atoms with Crippen molar-refractivity contribution in [3.05, 3.63) is 22.8 Å². The zero-order valence-electron chi connectivity index (χ0n) is 11.4. The second-order valence-electron chi connectivity index (χ2n) is 5.14.